The van der Waals surface area contributed by atoms with Crippen LogP contribution in [0.5, 0.6) is 5.75 Å². The number of carboxylic acid groups (broad SMARTS) is 1. The van der Waals surface area contributed by atoms with Gasteiger partial charge in [-0.05, 0) is 37.6 Å². The molecule has 2 aliphatic rings. The van der Waals surface area contributed by atoms with Crippen molar-refractivity contribution in [3.8, 4) is 5.75 Å². The predicted octanol–water partition coefficient (Wildman–Crippen LogP) is 2.77. The number of nitrogens with zero attached hydrogens (tertiary/aromatic N) is 2. The molecule has 1 aromatic carbocycles. The summed E-state index contributed by atoms with van der Waals surface area (Å²) in [5, 5.41) is 9.43. The molecular formula is C20H18N2O4. The van der Waals surface area contributed by atoms with E-state index >= 15 is 0 Å². The molecule has 1 aliphatic heterocycles. The minimum atomic E-state index is -0.945. The first-order valence-electron chi connectivity index (χ1n) is 8.35. The van der Waals surface area contributed by atoms with Crippen LogP contribution in [0, 0.1) is 12.3 Å². The zero-order valence-corrected chi connectivity index (χ0v) is 14.5. The molecule has 2 heterocycles. The number of hydrogen-bond donors (Lipinski definition) is 1. The normalized spacial score (nSPS) is 22.8. The fourth-order valence-corrected chi connectivity index (χ4v) is 3.50. The van der Waals surface area contributed by atoms with Crippen LogP contribution >= 0.6 is 0 Å². The Hall–Kier alpha value is -3.15. The quantitative estimate of drug-likeness (QED) is 0.917. The Kier molecular flexibility index (Phi) is 3.57. The average Bonchev–Trinajstić information content (AvgIpc) is 3.39. The van der Waals surface area contributed by atoms with Crippen molar-refractivity contribution in [3.05, 3.63) is 63.3 Å². The molecule has 1 aromatic heterocycles. The van der Waals surface area contributed by atoms with E-state index in [4.69, 9.17) is 4.74 Å². The first-order chi connectivity index (χ1) is 12.5. The summed E-state index contributed by atoms with van der Waals surface area (Å²) in [5.74, 6) is 0.342. The largest absolute Gasteiger partial charge is 0.496 e. The van der Waals surface area contributed by atoms with E-state index in [1.165, 1.54) is 4.57 Å². The van der Waals surface area contributed by atoms with E-state index in [2.05, 4.69) is 4.98 Å². The van der Waals surface area contributed by atoms with E-state index in [9.17, 15) is 14.7 Å². The molecular weight excluding hydrogens is 332 g/mol. The van der Waals surface area contributed by atoms with Gasteiger partial charge in [0.2, 0.25) is 0 Å². The Balaban J connectivity index is 1.75. The zero-order chi connectivity index (χ0) is 18.5. The van der Waals surface area contributed by atoms with Crippen molar-refractivity contribution in [2.45, 2.75) is 19.4 Å². The van der Waals surface area contributed by atoms with Gasteiger partial charge in [-0.2, -0.15) is 0 Å². The second-order valence-electron chi connectivity index (χ2n) is 6.63. The molecule has 0 saturated heterocycles. The lowest BCUT2D eigenvalue weighted by molar-refractivity contribution is -0.141. The van der Waals surface area contributed by atoms with Gasteiger partial charge in [0.15, 0.2) is 0 Å². The Morgan fingerprint density at radius 2 is 2.15 bits per heavy atom. The van der Waals surface area contributed by atoms with E-state index in [-0.39, 0.29) is 11.6 Å². The van der Waals surface area contributed by atoms with Crippen molar-refractivity contribution >= 4 is 24.2 Å². The maximum Gasteiger partial charge on any atom is 0.315 e. The number of aliphatic carboxylic acids is 1. The van der Waals surface area contributed by atoms with Crippen molar-refractivity contribution in [1.82, 2.24) is 9.55 Å². The van der Waals surface area contributed by atoms with E-state index < -0.39 is 11.4 Å². The van der Waals surface area contributed by atoms with Crippen molar-refractivity contribution in [1.29, 1.82) is 0 Å². The summed E-state index contributed by atoms with van der Waals surface area (Å²) in [6.07, 6.45) is 7.37. The highest BCUT2D eigenvalue weighted by Crippen LogP contribution is 2.59. The lowest BCUT2D eigenvalue weighted by Gasteiger charge is -2.18. The maximum atomic E-state index is 12.8. The molecule has 2 unspecified atom stereocenters. The van der Waals surface area contributed by atoms with Gasteiger partial charge in [0.25, 0.3) is 5.56 Å². The van der Waals surface area contributed by atoms with Crippen LogP contribution in [0.2, 0.25) is 0 Å². The van der Waals surface area contributed by atoms with E-state index in [0.29, 0.717) is 23.5 Å². The van der Waals surface area contributed by atoms with E-state index in [0.717, 1.165) is 11.3 Å². The fraction of sp³-hybridized carbons (Fsp3) is 0.250. The van der Waals surface area contributed by atoms with Crippen molar-refractivity contribution in [2.24, 2.45) is 5.41 Å². The molecule has 0 radical (unpaired) electrons. The van der Waals surface area contributed by atoms with Gasteiger partial charge < -0.3 is 9.84 Å². The first kappa shape index (κ1) is 16.3. The number of methoxy groups -OCH3 is 1. The van der Waals surface area contributed by atoms with Crippen LogP contribution < -0.4 is 10.3 Å². The summed E-state index contributed by atoms with van der Waals surface area (Å²) in [7, 11) is 1.61. The summed E-state index contributed by atoms with van der Waals surface area (Å²) in [4.78, 5) is 28.9. The Bertz CT molecular complexity index is 1030. The Morgan fingerprint density at radius 3 is 2.88 bits per heavy atom. The molecule has 1 N–H and O–H groups in total. The molecule has 0 amide bonds. The maximum absolute atomic E-state index is 12.8. The Labute approximate surface area is 150 Å². The van der Waals surface area contributed by atoms with Gasteiger partial charge in [0.05, 0.1) is 18.8 Å². The van der Waals surface area contributed by atoms with Crippen LogP contribution in [0.3, 0.4) is 0 Å². The third-order valence-electron chi connectivity index (χ3n) is 5.17. The summed E-state index contributed by atoms with van der Waals surface area (Å²) in [5.41, 5.74) is 0.824. The van der Waals surface area contributed by atoms with Gasteiger partial charge in [-0.15, -0.1) is 0 Å². The van der Waals surface area contributed by atoms with Gasteiger partial charge >= 0.3 is 5.97 Å². The monoisotopic (exact) mass is 350 g/mol. The van der Waals surface area contributed by atoms with Crippen LogP contribution in [0.1, 0.15) is 35.1 Å². The SMILES string of the molecule is COc1ccccc1/C=C/c1nc2n(c(=O)c1C)C1CC1(C(=O)O)C=C2. The van der Waals surface area contributed by atoms with Gasteiger partial charge in [0, 0.05) is 11.1 Å². The number of hydrogen-bond acceptors (Lipinski definition) is 4. The number of fused-ring (bicyclic) bond motifs is 3. The minimum absolute atomic E-state index is 0.188. The van der Waals surface area contributed by atoms with Crippen molar-refractivity contribution < 1.29 is 14.6 Å². The molecule has 1 saturated carbocycles. The molecule has 1 fully saturated rings. The number of carboxylic acids is 1. The van der Waals surface area contributed by atoms with Crippen LogP contribution in [-0.2, 0) is 4.79 Å². The molecule has 26 heavy (non-hydrogen) atoms. The number of aromatic nitrogens is 2. The number of rotatable bonds is 4. The smallest absolute Gasteiger partial charge is 0.315 e. The van der Waals surface area contributed by atoms with Crippen LogP contribution in [0.25, 0.3) is 18.2 Å². The molecule has 2 aromatic rings. The first-order valence-corrected chi connectivity index (χ1v) is 8.35. The lowest BCUT2D eigenvalue weighted by atomic mass is 10.0. The highest BCUT2D eigenvalue weighted by atomic mass is 16.5. The molecule has 6 nitrogen and oxygen atoms in total. The topological polar surface area (TPSA) is 81.4 Å². The average molecular weight is 350 g/mol. The number of ether oxygens (including phenoxy) is 1. The minimum Gasteiger partial charge on any atom is -0.496 e. The zero-order valence-electron chi connectivity index (χ0n) is 14.5. The summed E-state index contributed by atoms with van der Waals surface area (Å²) in [6.45, 7) is 1.72. The van der Waals surface area contributed by atoms with Crippen LogP contribution in [0.15, 0.2) is 35.1 Å². The van der Waals surface area contributed by atoms with Gasteiger partial charge in [-0.1, -0.05) is 24.3 Å². The summed E-state index contributed by atoms with van der Waals surface area (Å²) < 4.78 is 6.84. The summed E-state index contributed by atoms with van der Waals surface area (Å²) in [6, 6.07) is 7.24. The fourth-order valence-electron chi connectivity index (χ4n) is 3.50. The molecule has 2 atom stereocenters. The number of para-hydroxylation sites is 1. The molecule has 1 aliphatic carbocycles. The highest BCUT2D eigenvalue weighted by molar-refractivity contribution is 5.84. The van der Waals surface area contributed by atoms with Crippen LogP contribution in [-0.4, -0.2) is 27.7 Å². The van der Waals surface area contributed by atoms with Gasteiger partial charge in [-0.3, -0.25) is 14.2 Å². The Morgan fingerprint density at radius 1 is 1.38 bits per heavy atom. The lowest BCUT2D eigenvalue weighted by Crippen LogP contribution is -2.31. The molecule has 6 heteroatoms. The highest BCUT2D eigenvalue weighted by Gasteiger charge is 2.62. The predicted molar refractivity (Wildman–Crippen MR) is 97.9 cm³/mol. The molecule has 132 valence electrons. The molecule has 4 rings (SSSR count). The standard InChI is InChI=1S/C20H18N2O4/c1-12-14(8-7-13-5-3-4-6-15(13)26-2)21-17-9-10-20(19(24)25)11-16(20)22(17)18(12)23/h3-10,16H,11H2,1-2H3,(H,24,25)/b8-7+. The van der Waals surface area contributed by atoms with Crippen LogP contribution in [0.4, 0.5) is 0 Å². The molecule has 0 spiro atoms. The second kappa shape index (κ2) is 5.69. The molecule has 0 bridgehead atoms. The van der Waals surface area contributed by atoms with E-state index in [1.807, 2.05) is 30.3 Å². The second-order valence-corrected chi connectivity index (χ2v) is 6.63. The number of benzene rings is 1. The van der Waals surface area contributed by atoms with Gasteiger partial charge in [-0.25, -0.2) is 4.98 Å². The summed E-state index contributed by atoms with van der Waals surface area (Å²) >= 11 is 0. The third-order valence-corrected chi connectivity index (χ3v) is 5.17. The van der Waals surface area contributed by atoms with E-state index in [1.54, 1.807) is 32.3 Å². The third kappa shape index (κ3) is 2.29. The van der Waals surface area contributed by atoms with Crippen molar-refractivity contribution in [2.75, 3.05) is 7.11 Å². The number of carbonyl (C=O) groups is 1. The van der Waals surface area contributed by atoms with Crippen molar-refractivity contribution in [3.63, 3.8) is 0 Å². The van der Waals surface area contributed by atoms with Gasteiger partial charge in [0.1, 0.15) is 17.0 Å².